The summed E-state index contributed by atoms with van der Waals surface area (Å²) in [6.07, 6.45) is 0.991. The lowest BCUT2D eigenvalue weighted by atomic mass is 10.2. The number of hydrogen-bond donors (Lipinski definition) is 0. The van der Waals surface area contributed by atoms with E-state index in [0.717, 1.165) is 22.2 Å². The van der Waals surface area contributed by atoms with Crippen LogP contribution in [0.15, 0.2) is 48.5 Å². The average Bonchev–Trinajstić information content (AvgIpc) is 2.59. The zero-order valence-electron chi connectivity index (χ0n) is 14.5. The smallest absolute Gasteiger partial charge is 0.243 e. The lowest BCUT2D eigenvalue weighted by Gasteiger charge is -2.27. The molecule has 0 aromatic heterocycles. The molecular weight excluding hydrogens is 379 g/mol. The minimum atomic E-state index is -3.75. The number of carbonyl (C=O) groups excluding carboxylic acids is 1. The number of nitrogens with zero attached hydrogens (tertiary/aromatic N) is 2. The van der Waals surface area contributed by atoms with Crippen molar-refractivity contribution in [2.24, 2.45) is 0 Å². The standard InChI is InChI=1S/C18H20ClFN2O3S/c1-3-21(12-14-7-5-4-6-8-14)18(23)13-22(26(2,24)25)15-9-10-17(20)16(19)11-15/h4-11H,3,12-13H2,1-2H3. The molecule has 0 aliphatic heterocycles. The molecule has 0 aliphatic rings. The molecule has 2 rings (SSSR count). The van der Waals surface area contributed by atoms with Crippen LogP contribution >= 0.6 is 11.6 Å². The lowest BCUT2D eigenvalue weighted by Crippen LogP contribution is -2.42. The summed E-state index contributed by atoms with van der Waals surface area (Å²) in [5, 5.41) is -0.208. The van der Waals surface area contributed by atoms with Crippen molar-refractivity contribution in [2.45, 2.75) is 13.5 Å². The molecule has 0 N–H and O–H groups in total. The Balaban J connectivity index is 2.24. The first kappa shape index (κ1) is 20.2. The van der Waals surface area contributed by atoms with Crippen LogP contribution in [-0.2, 0) is 21.4 Å². The predicted octanol–water partition coefficient (Wildman–Crippen LogP) is 3.29. The number of sulfonamides is 1. The highest BCUT2D eigenvalue weighted by Crippen LogP contribution is 2.24. The highest BCUT2D eigenvalue weighted by Gasteiger charge is 2.24. The summed E-state index contributed by atoms with van der Waals surface area (Å²) >= 11 is 5.75. The van der Waals surface area contributed by atoms with E-state index in [0.29, 0.717) is 13.1 Å². The zero-order chi connectivity index (χ0) is 19.3. The van der Waals surface area contributed by atoms with E-state index in [1.165, 1.54) is 12.1 Å². The van der Waals surface area contributed by atoms with Crippen molar-refractivity contribution in [2.75, 3.05) is 23.7 Å². The molecule has 1 amide bonds. The van der Waals surface area contributed by atoms with Crippen LogP contribution in [0, 0.1) is 5.82 Å². The van der Waals surface area contributed by atoms with E-state index in [1.807, 2.05) is 37.3 Å². The van der Waals surface area contributed by atoms with Crippen molar-refractivity contribution in [1.82, 2.24) is 4.90 Å². The second-order valence-corrected chi connectivity index (χ2v) is 8.08. The van der Waals surface area contributed by atoms with Crippen molar-refractivity contribution in [3.8, 4) is 0 Å². The maximum absolute atomic E-state index is 13.4. The number of rotatable bonds is 7. The van der Waals surface area contributed by atoms with Crippen LogP contribution in [0.2, 0.25) is 5.02 Å². The predicted molar refractivity (Wildman–Crippen MR) is 101 cm³/mol. The minimum Gasteiger partial charge on any atom is -0.337 e. The van der Waals surface area contributed by atoms with Gasteiger partial charge in [-0.1, -0.05) is 41.9 Å². The van der Waals surface area contributed by atoms with Gasteiger partial charge in [-0.05, 0) is 30.7 Å². The third-order valence-electron chi connectivity index (χ3n) is 3.82. The van der Waals surface area contributed by atoms with Crippen molar-refractivity contribution in [1.29, 1.82) is 0 Å². The van der Waals surface area contributed by atoms with Crippen molar-refractivity contribution in [3.05, 3.63) is 64.9 Å². The number of benzene rings is 2. The fourth-order valence-electron chi connectivity index (χ4n) is 2.44. The molecule has 2 aromatic carbocycles. The Morgan fingerprint density at radius 2 is 1.81 bits per heavy atom. The molecule has 0 saturated carbocycles. The van der Waals surface area contributed by atoms with E-state index >= 15 is 0 Å². The molecule has 0 unspecified atom stereocenters. The van der Waals surface area contributed by atoms with Gasteiger partial charge in [0.05, 0.1) is 17.0 Å². The Kier molecular flexibility index (Phi) is 6.61. The largest absolute Gasteiger partial charge is 0.337 e. The van der Waals surface area contributed by atoms with Crippen LogP contribution in [0.25, 0.3) is 0 Å². The van der Waals surface area contributed by atoms with Crippen molar-refractivity contribution < 1.29 is 17.6 Å². The maximum atomic E-state index is 13.4. The molecule has 0 heterocycles. The first-order valence-corrected chi connectivity index (χ1v) is 10.2. The topological polar surface area (TPSA) is 57.7 Å². The monoisotopic (exact) mass is 398 g/mol. The average molecular weight is 399 g/mol. The Morgan fingerprint density at radius 1 is 1.15 bits per heavy atom. The quantitative estimate of drug-likeness (QED) is 0.719. The third-order valence-corrected chi connectivity index (χ3v) is 5.25. The first-order chi connectivity index (χ1) is 12.2. The van der Waals surface area contributed by atoms with Gasteiger partial charge in [0.15, 0.2) is 0 Å². The molecule has 0 radical (unpaired) electrons. The van der Waals surface area contributed by atoms with Gasteiger partial charge < -0.3 is 4.90 Å². The van der Waals surface area contributed by atoms with Gasteiger partial charge in [-0.3, -0.25) is 9.10 Å². The normalized spacial score (nSPS) is 11.2. The summed E-state index contributed by atoms with van der Waals surface area (Å²) in [7, 11) is -3.75. The Labute approximate surface area is 158 Å². The van der Waals surface area contributed by atoms with Gasteiger partial charge in [0.25, 0.3) is 0 Å². The molecule has 0 fully saturated rings. The van der Waals surface area contributed by atoms with E-state index in [2.05, 4.69) is 0 Å². The second-order valence-electron chi connectivity index (χ2n) is 5.76. The molecule has 2 aromatic rings. The molecule has 0 saturated heterocycles. The van der Waals surface area contributed by atoms with Crippen LogP contribution in [0.4, 0.5) is 10.1 Å². The molecule has 5 nitrogen and oxygen atoms in total. The van der Waals surface area contributed by atoms with Crippen molar-refractivity contribution in [3.63, 3.8) is 0 Å². The maximum Gasteiger partial charge on any atom is 0.243 e. The minimum absolute atomic E-state index is 0.142. The second kappa shape index (κ2) is 8.51. The number of amides is 1. The number of likely N-dealkylation sites (N-methyl/N-ethyl adjacent to an activating group) is 1. The molecule has 26 heavy (non-hydrogen) atoms. The number of carbonyl (C=O) groups is 1. The zero-order valence-corrected chi connectivity index (χ0v) is 16.1. The number of hydrogen-bond acceptors (Lipinski definition) is 3. The van der Waals surface area contributed by atoms with Gasteiger partial charge in [0.1, 0.15) is 12.4 Å². The highest BCUT2D eigenvalue weighted by molar-refractivity contribution is 7.92. The van der Waals surface area contributed by atoms with E-state index in [4.69, 9.17) is 11.6 Å². The van der Waals surface area contributed by atoms with Crippen LogP contribution < -0.4 is 4.31 Å². The molecule has 0 spiro atoms. The molecule has 0 aliphatic carbocycles. The molecule has 8 heteroatoms. The molecule has 0 atom stereocenters. The van der Waals surface area contributed by atoms with Crippen LogP contribution in [0.1, 0.15) is 12.5 Å². The number of halogens is 2. The summed E-state index contributed by atoms with van der Waals surface area (Å²) in [5.74, 6) is -1.02. The third kappa shape index (κ3) is 5.19. The molecule has 140 valence electrons. The summed E-state index contributed by atoms with van der Waals surface area (Å²) in [6, 6.07) is 13.0. The highest BCUT2D eigenvalue weighted by atomic mass is 35.5. The van der Waals surface area contributed by atoms with E-state index in [9.17, 15) is 17.6 Å². The van der Waals surface area contributed by atoms with E-state index in [1.54, 1.807) is 4.90 Å². The Bertz CT molecular complexity index is 875. The Hall–Kier alpha value is -2.12. The van der Waals surface area contributed by atoms with Gasteiger partial charge in [0.2, 0.25) is 15.9 Å². The van der Waals surface area contributed by atoms with E-state index < -0.39 is 15.8 Å². The van der Waals surface area contributed by atoms with Gasteiger partial charge in [-0.2, -0.15) is 0 Å². The number of anilines is 1. The molecular formula is C18H20ClFN2O3S. The fraction of sp³-hybridized carbons (Fsp3) is 0.278. The summed E-state index contributed by atoms with van der Waals surface area (Å²) < 4.78 is 38.6. The van der Waals surface area contributed by atoms with E-state index in [-0.39, 0.29) is 23.2 Å². The summed E-state index contributed by atoms with van der Waals surface area (Å²) in [6.45, 7) is 2.23. The van der Waals surface area contributed by atoms with Crippen LogP contribution in [0.5, 0.6) is 0 Å². The lowest BCUT2D eigenvalue weighted by molar-refractivity contribution is -0.129. The van der Waals surface area contributed by atoms with Crippen LogP contribution in [-0.4, -0.2) is 38.6 Å². The van der Waals surface area contributed by atoms with Crippen LogP contribution in [0.3, 0.4) is 0 Å². The summed E-state index contributed by atoms with van der Waals surface area (Å²) in [4.78, 5) is 14.2. The van der Waals surface area contributed by atoms with Gasteiger partial charge >= 0.3 is 0 Å². The van der Waals surface area contributed by atoms with Crippen molar-refractivity contribution >= 4 is 33.2 Å². The van der Waals surface area contributed by atoms with Gasteiger partial charge in [-0.25, -0.2) is 12.8 Å². The first-order valence-electron chi connectivity index (χ1n) is 7.97. The fourth-order valence-corrected chi connectivity index (χ4v) is 3.46. The SMILES string of the molecule is CCN(Cc1ccccc1)C(=O)CN(c1ccc(F)c(Cl)c1)S(C)(=O)=O. The molecule has 0 bridgehead atoms. The van der Waals surface area contributed by atoms with Gasteiger partial charge in [0, 0.05) is 13.1 Å². The van der Waals surface area contributed by atoms with Gasteiger partial charge in [-0.15, -0.1) is 0 Å². The summed E-state index contributed by atoms with van der Waals surface area (Å²) in [5.41, 5.74) is 1.08. The Morgan fingerprint density at radius 3 is 2.35 bits per heavy atom.